The van der Waals surface area contributed by atoms with E-state index < -0.39 is 15.9 Å². The molecule has 0 bridgehead atoms. The van der Waals surface area contributed by atoms with Crippen molar-refractivity contribution in [3.63, 3.8) is 0 Å². The summed E-state index contributed by atoms with van der Waals surface area (Å²) in [6, 6.07) is 13.1. The minimum Gasteiger partial charge on any atom is -0.493 e. The minimum absolute atomic E-state index is 0.0135. The van der Waals surface area contributed by atoms with Crippen LogP contribution in [0.5, 0.6) is 11.5 Å². The van der Waals surface area contributed by atoms with Gasteiger partial charge in [0.1, 0.15) is 5.82 Å². The fourth-order valence-corrected chi connectivity index (χ4v) is 4.64. The van der Waals surface area contributed by atoms with Gasteiger partial charge in [0.2, 0.25) is 10.0 Å². The number of nitrogens with one attached hydrogen (secondary N) is 2. The zero-order valence-corrected chi connectivity index (χ0v) is 18.6. The summed E-state index contributed by atoms with van der Waals surface area (Å²) >= 11 is 0. The maximum Gasteiger partial charge on any atom is 0.256 e. The van der Waals surface area contributed by atoms with Crippen molar-refractivity contribution in [2.45, 2.75) is 30.3 Å². The predicted octanol–water partition coefficient (Wildman–Crippen LogP) is 2.64. The van der Waals surface area contributed by atoms with Gasteiger partial charge in [-0.25, -0.2) is 17.8 Å². The van der Waals surface area contributed by atoms with Crippen LogP contribution < -0.4 is 19.5 Å². The highest BCUT2D eigenvalue weighted by atomic mass is 32.2. The normalized spacial score (nSPS) is 13.6. The van der Waals surface area contributed by atoms with Crippen LogP contribution in [0.4, 0.5) is 5.82 Å². The Bertz CT molecular complexity index is 1230. The van der Waals surface area contributed by atoms with E-state index in [-0.39, 0.29) is 16.5 Å². The number of para-hydroxylation sites is 1. The van der Waals surface area contributed by atoms with Gasteiger partial charge in [-0.2, -0.15) is 5.10 Å². The third kappa shape index (κ3) is 4.76. The van der Waals surface area contributed by atoms with Gasteiger partial charge in [-0.15, -0.1) is 0 Å². The number of carbonyl (C=O) groups excluding carboxylic acids is 1. The van der Waals surface area contributed by atoms with Crippen LogP contribution in [-0.4, -0.2) is 44.4 Å². The number of hydrogen-bond acceptors (Lipinski definition) is 6. The zero-order chi connectivity index (χ0) is 22.7. The van der Waals surface area contributed by atoms with Crippen LogP contribution in [0.1, 0.15) is 28.8 Å². The predicted molar refractivity (Wildman–Crippen MR) is 119 cm³/mol. The largest absolute Gasteiger partial charge is 0.493 e. The van der Waals surface area contributed by atoms with Gasteiger partial charge in [0.15, 0.2) is 11.5 Å². The van der Waals surface area contributed by atoms with Gasteiger partial charge >= 0.3 is 0 Å². The van der Waals surface area contributed by atoms with Crippen molar-refractivity contribution in [2.24, 2.45) is 0 Å². The second-order valence-electron chi connectivity index (χ2n) is 7.40. The number of anilines is 1. The highest BCUT2D eigenvalue weighted by molar-refractivity contribution is 7.89. The molecular weight excluding hydrogens is 432 g/mol. The second-order valence-corrected chi connectivity index (χ2v) is 9.12. The Labute approximate surface area is 186 Å². The quantitative estimate of drug-likeness (QED) is 0.512. The molecule has 0 aliphatic heterocycles. The molecule has 0 unspecified atom stereocenters. The molecule has 10 heteroatoms. The lowest BCUT2D eigenvalue weighted by molar-refractivity contribution is 0.102. The maximum absolute atomic E-state index is 12.8. The number of hydrogen-bond donors (Lipinski definition) is 2. The molecule has 0 radical (unpaired) electrons. The molecular formula is C22H24N4O5S. The van der Waals surface area contributed by atoms with Crippen molar-refractivity contribution in [1.82, 2.24) is 14.5 Å². The van der Waals surface area contributed by atoms with Crippen molar-refractivity contribution in [1.29, 1.82) is 0 Å². The van der Waals surface area contributed by atoms with E-state index >= 15 is 0 Å². The summed E-state index contributed by atoms with van der Waals surface area (Å²) in [6.07, 6.45) is 3.24. The number of nitrogens with zero attached hydrogens (tertiary/aromatic N) is 2. The Kier molecular flexibility index (Phi) is 6.15. The molecule has 0 spiro atoms. The molecule has 0 saturated heterocycles. The first-order chi connectivity index (χ1) is 15.4. The van der Waals surface area contributed by atoms with E-state index in [1.807, 2.05) is 12.1 Å². The molecule has 1 amide bonds. The number of sulfonamides is 1. The average molecular weight is 457 g/mol. The highest BCUT2D eigenvalue weighted by Gasteiger charge is 2.28. The Hall–Kier alpha value is -3.37. The lowest BCUT2D eigenvalue weighted by Crippen LogP contribution is -2.26. The molecule has 1 aliphatic rings. The lowest BCUT2D eigenvalue weighted by atomic mass is 10.2. The second kappa shape index (κ2) is 9.01. The van der Waals surface area contributed by atoms with Crippen LogP contribution in [0.3, 0.4) is 0 Å². The topological polar surface area (TPSA) is 112 Å². The number of benzene rings is 2. The Morgan fingerprint density at radius 2 is 1.91 bits per heavy atom. The zero-order valence-electron chi connectivity index (χ0n) is 17.7. The highest BCUT2D eigenvalue weighted by Crippen LogP contribution is 2.31. The number of amides is 1. The summed E-state index contributed by atoms with van der Waals surface area (Å²) in [5.74, 6) is 1.21. The van der Waals surface area contributed by atoms with Gasteiger partial charge in [0.25, 0.3) is 5.91 Å². The summed E-state index contributed by atoms with van der Waals surface area (Å²) < 4.78 is 40.0. The van der Waals surface area contributed by atoms with Crippen molar-refractivity contribution in [3.8, 4) is 11.5 Å². The fourth-order valence-electron chi connectivity index (χ4n) is 3.29. The van der Waals surface area contributed by atoms with E-state index in [0.29, 0.717) is 23.9 Å². The maximum atomic E-state index is 12.8. The van der Waals surface area contributed by atoms with Crippen molar-refractivity contribution in [2.75, 3.05) is 19.5 Å². The minimum atomic E-state index is -3.65. The first kappa shape index (κ1) is 21.8. The number of methoxy groups -OCH3 is 2. The molecule has 1 aliphatic carbocycles. The van der Waals surface area contributed by atoms with Gasteiger partial charge < -0.3 is 14.8 Å². The van der Waals surface area contributed by atoms with Crippen LogP contribution >= 0.6 is 0 Å². The van der Waals surface area contributed by atoms with Crippen molar-refractivity contribution < 1.29 is 22.7 Å². The average Bonchev–Trinajstić information content (AvgIpc) is 3.50. The standard InChI is InChI=1S/C22H24N4O5S/c1-30-19-8-4-6-16(21(19)31-2)14-26-20(11-12-23-26)24-22(27)15-5-3-7-18(13-15)32(28,29)25-17-9-10-17/h3-8,11-13,17,25H,9-10,14H2,1-2H3,(H,24,27). The molecule has 3 aromatic rings. The molecule has 168 valence electrons. The van der Waals surface area contributed by atoms with Crippen LogP contribution in [0.15, 0.2) is 59.6 Å². The van der Waals surface area contributed by atoms with E-state index in [9.17, 15) is 13.2 Å². The van der Waals surface area contributed by atoms with Gasteiger partial charge in [-0.3, -0.25) is 4.79 Å². The van der Waals surface area contributed by atoms with E-state index in [0.717, 1.165) is 18.4 Å². The smallest absolute Gasteiger partial charge is 0.256 e. The molecule has 1 fully saturated rings. The van der Waals surface area contributed by atoms with E-state index in [2.05, 4.69) is 15.1 Å². The molecule has 4 rings (SSSR count). The Morgan fingerprint density at radius 3 is 2.62 bits per heavy atom. The number of ether oxygens (including phenoxy) is 2. The van der Waals surface area contributed by atoms with Gasteiger partial charge in [0, 0.05) is 23.2 Å². The van der Waals surface area contributed by atoms with Crippen LogP contribution in [0.2, 0.25) is 0 Å². The first-order valence-corrected chi connectivity index (χ1v) is 11.5. The first-order valence-electron chi connectivity index (χ1n) is 10.1. The van der Waals surface area contributed by atoms with Crippen molar-refractivity contribution in [3.05, 3.63) is 65.9 Å². The van der Waals surface area contributed by atoms with E-state index in [1.165, 1.54) is 12.1 Å². The van der Waals surface area contributed by atoms with E-state index in [1.54, 1.807) is 49.4 Å². The van der Waals surface area contributed by atoms with Crippen LogP contribution in [0.25, 0.3) is 0 Å². The monoisotopic (exact) mass is 456 g/mol. The third-order valence-corrected chi connectivity index (χ3v) is 6.59. The van der Waals surface area contributed by atoms with Crippen LogP contribution in [0, 0.1) is 0 Å². The SMILES string of the molecule is COc1cccc(Cn2nccc2NC(=O)c2cccc(S(=O)(=O)NC3CC3)c2)c1OC. The fraction of sp³-hybridized carbons (Fsp3) is 0.273. The lowest BCUT2D eigenvalue weighted by Gasteiger charge is -2.14. The Balaban J connectivity index is 1.53. The van der Waals surface area contributed by atoms with Gasteiger partial charge in [-0.1, -0.05) is 18.2 Å². The molecule has 2 aromatic carbocycles. The van der Waals surface area contributed by atoms with Gasteiger partial charge in [0.05, 0.1) is 31.9 Å². The molecule has 1 heterocycles. The summed E-state index contributed by atoms with van der Waals surface area (Å²) in [5.41, 5.74) is 1.06. The number of rotatable bonds is 9. The summed E-state index contributed by atoms with van der Waals surface area (Å²) in [7, 11) is -0.525. The molecule has 32 heavy (non-hydrogen) atoms. The summed E-state index contributed by atoms with van der Waals surface area (Å²) in [5, 5.41) is 7.08. The van der Waals surface area contributed by atoms with Crippen molar-refractivity contribution >= 4 is 21.7 Å². The molecule has 1 aromatic heterocycles. The van der Waals surface area contributed by atoms with E-state index in [4.69, 9.17) is 9.47 Å². The molecule has 1 saturated carbocycles. The van der Waals surface area contributed by atoms with Crippen LogP contribution in [-0.2, 0) is 16.6 Å². The number of carbonyl (C=O) groups is 1. The molecule has 9 nitrogen and oxygen atoms in total. The molecule has 2 N–H and O–H groups in total. The Morgan fingerprint density at radius 1 is 1.12 bits per heavy atom. The third-order valence-electron chi connectivity index (χ3n) is 5.07. The number of aromatic nitrogens is 2. The summed E-state index contributed by atoms with van der Waals surface area (Å²) in [4.78, 5) is 12.9. The summed E-state index contributed by atoms with van der Waals surface area (Å²) in [6.45, 7) is 0.336. The van der Waals surface area contributed by atoms with Gasteiger partial charge in [-0.05, 0) is 37.1 Å². The molecule has 0 atom stereocenters.